The third-order valence-electron chi connectivity index (χ3n) is 5.83. The zero-order chi connectivity index (χ0) is 28.8. The van der Waals surface area contributed by atoms with Crippen molar-refractivity contribution < 1.29 is 44.3 Å². The molecule has 38 heavy (non-hydrogen) atoms. The van der Waals surface area contributed by atoms with Crippen LogP contribution in [-0.4, -0.2) is 100 Å². The van der Waals surface area contributed by atoms with Gasteiger partial charge in [-0.25, -0.2) is 19.2 Å². The Morgan fingerprint density at radius 1 is 0.816 bits per heavy atom. The summed E-state index contributed by atoms with van der Waals surface area (Å²) in [4.78, 5) is 41.4. The maximum absolute atomic E-state index is 9.10. The number of piperidine rings is 1. The molecule has 216 valence electrons. The molecule has 1 fully saturated rings. The normalized spacial score (nSPS) is 13.6. The topological polar surface area (TPSA) is 165 Å². The highest BCUT2D eigenvalue weighted by atomic mass is 16.5. The molecular formula is C27H44N2O9. The number of carboxylic acid groups (broad SMARTS) is 4. The van der Waals surface area contributed by atoms with Crippen LogP contribution < -0.4 is 0 Å². The minimum atomic E-state index is -1.82. The van der Waals surface area contributed by atoms with E-state index in [0.29, 0.717) is 6.10 Å². The average molecular weight is 541 g/mol. The van der Waals surface area contributed by atoms with Crippen molar-refractivity contribution in [3.8, 4) is 0 Å². The van der Waals surface area contributed by atoms with Crippen molar-refractivity contribution in [1.82, 2.24) is 9.80 Å². The first kappa shape index (κ1) is 35.0. The van der Waals surface area contributed by atoms with Crippen LogP contribution in [0.3, 0.4) is 0 Å². The summed E-state index contributed by atoms with van der Waals surface area (Å²) >= 11 is 0. The van der Waals surface area contributed by atoms with Crippen LogP contribution in [-0.2, 0) is 30.5 Å². The van der Waals surface area contributed by atoms with E-state index < -0.39 is 23.9 Å². The number of aliphatic carboxylic acids is 4. The Balaban J connectivity index is 0.000000948. The summed E-state index contributed by atoms with van der Waals surface area (Å²) < 4.78 is 6.13. The first-order chi connectivity index (χ1) is 18.1. The molecule has 0 bridgehead atoms. The molecule has 0 unspecified atom stereocenters. The quantitative estimate of drug-likeness (QED) is 0.214. The second-order valence-corrected chi connectivity index (χ2v) is 9.12. The summed E-state index contributed by atoms with van der Waals surface area (Å²) in [5.74, 6) is -7.30. The summed E-state index contributed by atoms with van der Waals surface area (Å²) in [5.41, 5.74) is 1.42. The summed E-state index contributed by atoms with van der Waals surface area (Å²) in [5, 5.41) is 29.6. The van der Waals surface area contributed by atoms with Gasteiger partial charge in [-0.3, -0.25) is 4.90 Å². The lowest BCUT2D eigenvalue weighted by molar-refractivity contribution is -0.159. The van der Waals surface area contributed by atoms with Gasteiger partial charge in [0.15, 0.2) is 0 Å². The smallest absolute Gasteiger partial charge is 0.414 e. The van der Waals surface area contributed by atoms with Crippen LogP contribution in [0.25, 0.3) is 0 Å². The van der Waals surface area contributed by atoms with Crippen LogP contribution in [0.15, 0.2) is 30.3 Å². The molecular weight excluding hydrogens is 496 g/mol. The standard InChI is InChI=1S/C23H40N2O.2C2H2O4/c1-3-4-9-16-24(2)17-10-6-11-20-26-23-14-18-25(19-15-23)21-22-12-7-5-8-13-22;2*3-1(4)2(5)6/h5,7-8,12-13,23H,3-4,6,9-11,14-21H2,1-2H3;2*(H,3,4)(H,5,6). The zero-order valence-corrected chi connectivity index (χ0v) is 22.6. The van der Waals surface area contributed by atoms with E-state index in [1.807, 2.05) is 0 Å². The minimum absolute atomic E-state index is 0.485. The van der Waals surface area contributed by atoms with Gasteiger partial charge in [0.1, 0.15) is 0 Å². The van der Waals surface area contributed by atoms with Gasteiger partial charge in [0, 0.05) is 26.2 Å². The van der Waals surface area contributed by atoms with Crippen molar-refractivity contribution in [1.29, 1.82) is 0 Å². The number of unbranched alkanes of at least 4 members (excludes halogenated alkanes) is 4. The van der Waals surface area contributed by atoms with E-state index in [9.17, 15) is 0 Å². The van der Waals surface area contributed by atoms with Crippen molar-refractivity contribution in [2.24, 2.45) is 0 Å². The molecule has 11 nitrogen and oxygen atoms in total. The number of benzene rings is 1. The molecule has 0 atom stereocenters. The molecule has 1 aliphatic rings. The molecule has 2 rings (SSSR count). The molecule has 1 heterocycles. The van der Waals surface area contributed by atoms with Crippen LogP contribution >= 0.6 is 0 Å². The van der Waals surface area contributed by atoms with Crippen LogP contribution in [0.5, 0.6) is 0 Å². The summed E-state index contributed by atoms with van der Waals surface area (Å²) in [6.45, 7) is 9.13. The van der Waals surface area contributed by atoms with E-state index in [4.69, 9.17) is 44.3 Å². The van der Waals surface area contributed by atoms with E-state index in [1.54, 1.807) is 0 Å². The Morgan fingerprint density at radius 3 is 1.79 bits per heavy atom. The fraction of sp³-hybridized carbons (Fsp3) is 0.630. The summed E-state index contributed by atoms with van der Waals surface area (Å²) in [6, 6.07) is 10.8. The second-order valence-electron chi connectivity index (χ2n) is 9.12. The highest BCUT2D eigenvalue weighted by molar-refractivity contribution is 6.27. The largest absolute Gasteiger partial charge is 0.473 e. The van der Waals surface area contributed by atoms with Crippen molar-refractivity contribution in [3.63, 3.8) is 0 Å². The Labute approximate surface area is 225 Å². The van der Waals surface area contributed by atoms with Gasteiger partial charge < -0.3 is 30.1 Å². The lowest BCUT2D eigenvalue weighted by atomic mass is 10.1. The third kappa shape index (κ3) is 20.1. The fourth-order valence-electron chi connectivity index (χ4n) is 3.73. The Bertz CT molecular complexity index is 749. The van der Waals surface area contributed by atoms with Gasteiger partial charge in [-0.15, -0.1) is 0 Å². The molecule has 1 aliphatic heterocycles. The Kier molecular flexibility index (Phi) is 20.3. The number of hydrogen-bond donors (Lipinski definition) is 4. The Morgan fingerprint density at radius 2 is 1.32 bits per heavy atom. The predicted molar refractivity (Wildman–Crippen MR) is 142 cm³/mol. The first-order valence-electron chi connectivity index (χ1n) is 13.1. The van der Waals surface area contributed by atoms with Crippen molar-refractivity contribution >= 4 is 23.9 Å². The number of carbonyl (C=O) groups is 4. The summed E-state index contributed by atoms with van der Waals surface area (Å²) in [7, 11) is 2.26. The maximum atomic E-state index is 9.10. The highest BCUT2D eigenvalue weighted by Gasteiger charge is 2.19. The molecule has 1 aromatic rings. The number of rotatable bonds is 13. The van der Waals surface area contributed by atoms with Crippen LogP contribution in [0.2, 0.25) is 0 Å². The summed E-state index contributed by atoms with van der Waals surface area (Å²) in [6.07, 6.45) is 10.7. The third-order valence-corrected chi connectivity index (χ3v) is 5.83. The van der Waals surface area contributed by atoms with Gasteiger partial charge in [0.05, 0.1) is 6.10 Å². The predicted octanol–water partition coefficient (Wildman–Crippen LogP) is 3.27. The molecule has 1 aromatic carbocycles. The molecule has 0 amide bonds. The van der Waals surface area contributed by atoms with Crippen LogP contribution in [0.4, 0.5) is 0 Å². The lowest BCUT2D eigenvalue weighted by Crippen LogP contribution is -2.36. The highest BCUT2D eigenvalue weighted by Crippen LogP contribution is 2.16. The van der Waals surface area contributed by atoms with Gasteiger partial charge in [0.2, 0.25) is 0 Å². The van der Waals surface area contributed by atoms with Gasteiger partial charge in [-0.05, 0) is 64.2 Å². The van der Waals surface area contributed by atoms with E-state index in [-0.39, 0.29) is 0 Å². The molecule has 0 spiro atoms. The molecule has 1 saturated heterocycles. The molecule has 0 aromatic heterocycles. The number of ether oxygens (including phenoxy) is 1. The van der Waals surface area contributed by atoms with E-state index in [0.717, 1.165) is 13.2 Å². The minimum Gasteiger partial charge on any atom is -0.473 e. The van der Waals surface area contributed by atoms with Gasteiger partial charge in [0.25, 0.3) is 0 Å². The van der Waals surface area contributed by atoms with Gasteiger partial charge >= 0.3 is 23.9 Å². The lowest BCUT2D eigenvalue weighted by Gasteiger charge is -2.32. The number of nitrogens with zero attached hydrogens (tertiary/aromatic N) is 2. The van der Waals surface area contributed by atoms with Gasteiger partial charge in [-0.2, -0.15) is 0 Å². The molecule has 0 saturated carbocycles. The van der Waals surface area contributed by atoms with E-state index >= 15 is 0 Å². The fourth-order valence-corrected chi connectivity index (χ4v) is 3.73. The Hall–Kier alpha value is -3.02. The molecule has 11 heteroatoms. The van der Waals surface area contributed by atoms with Crippen molar-refractivity contribution in [2.45, 2.75) is 70.9 Å². The molecule has 0 radical (unpaired) electrons. The first-order valence-corrected chi connectivity index (χ1v) is 13.1. The maximum Gasteiger partial charge on any atom is 0.414 e. The molecule has 4 N–H and O–H groups in total. The van der Waals surface area contributed by atoms with Crippen molar-refractivity contribution in [3.05, 3.63) is 35.9 Å². The van der Waals surface area contributed by atoms with Crippen LogP contribution in [0.1, 0.15) is 63.9 Å². The number of likely N-dealkylation sites (tertiary alicyclic amines) is 1. The zero-order valence-electron chi connectivity index (χ0n) is 22.6. The second kappa shape index (κ2) is 22.0. The van der Waals surface area contributed by atoms with E-state index in [2.05, 4.69) is 54.1 Å². The average Bonchev–Trinajstić information content (AvgIpc) is 2.88. The van der Waals surface area contributed by atoms with Crippen molar-refractivity contribution in [2.75, 3.05) is 39.8 Å². The monoisotopic (exact) mass is 540 g/mol. The number of carboxylic acids is 4. The van der Waals surface area contributed by atoms with Crippen LogP contribution in [0, 0.1) is 0 Å². The van der Waals surface area contributed by atoms with E-state index in [1.165, 1.54) is 83.1 Å². The number of hydrogen-bond acceptors (Lipinski definition) is 7. The van der Waals surface area contributed by atoms with Gasteiger partial charge in [-0.1, -0.05) is 50.1 Å². The SMILES string of the molecule is CCCCCN(C)CCCCCOC1CCN(Cc2ccccc2)CC1.O=C(O)C(=O)O.O=C(O)C(=O)O. The molecule has 0 aliphatic carbocycles.